The Morgan fingerprint density at radius 2 is 1.94 bits per heavy atom. The molecule has 1 saturated carbocycles. The first-order valence-corrected chi connectivity index (χ1v) is 7.70. The second kappa shape index (κ2) is 4.76. The van der Waals surface area contributed by atoms with Gasteiger partial charge in [0.1, 0.15) is 0 Å². The molecule has 0 amide bonds. The molecule has 0 saturated heterocycles. The monoisotopic (exact) mass is 263 g/mol. The molecule has 3 heteroatoms. The minimum atomic E-state index is 0.184. The van der Waals surface area contributed by atoms with Gasteiger partial charge in [-0.2, -0.15) is 12.6 Å². The van der Waals surface area contributed by atoms with Crippen molar-refractivity contribution < 1.29 is 0 Å². The van der Waals surface area contributed by atoms with Gasteiger partial charge < -0.3 is 4.57 Å². The first-order chi connectivity index (χ1) is 8.74. The third kappa shape index (κ3) is 2.03. The summed E-state index contributed by atoms with van der Waals surface area (Å²) >= 11 is 4.56. The van der Waals surface area contributed by atoms with Crippen LogP contribution in [0.2, 0.25) is 0 Å². The van der Waals surface area contributed by atoms with Crippen molar-refractivity contribution in [2.24, 2.45) is 5.41 Å². The van der Waals surface area contributed by atoms with Crippen molar-refractivity contribution in [2.45, 2.75) is 51.5 Å². The van der Waals surface area contributed by atoms with Gasteiger partial charge in [0.2, 0.25) is 0 Å². The van der Waals surface area contributed by atoms with Gasteiger partial charge in [-0.3, -0.25) is 4.79 Å². The smallest absolute Gasteiger partial charge is 0.250 e. The molecule has 2 aliphatic carbocycles. The third-order valence-electron chi connectivity index (χ3n) is 4.74. The van der Waals surface area contributed by atoms with Crippen LogP contribution in [0.3, 0.4) is 0 Å². The third-order valence-corrected chi connectivity index (χ3v) is 5.41. The zero-order valence-electron chi connectivity index (χ0n) is 10.8. The van der Waals surface area contributed by atoms with Crippen molar-refractivity contribution in [1.82, 2.24) is 4.57 Å². The number of nitrogens with zero attached hydrogens (tertiary/aromatic N) is 1. The average Bonchev–Trinajstić information content (AvgIpc) is 3.02. The van der Waals surface area contributed by atoms with E-state index in [4.69, 9.17) is 0 Å². The zero-order valence-corrected chi connectivity index (χ0v) is 11.7. The van der Waals surface area contributed by atoms with Gasteiger partial charge in [-0.1, -0.05) is 18.9 Å². The second-order valence-corrected chi connectivity index (χ2v) is 6.26. The zero-order chi connectivity index (χ0) is 12.6. The van der Waals surface area contributed by atoms with Crippen molar-refractivity contribution in [2.75, 3.05) is 5.75 Å². The minimum absolute atomic E-state index is 0.184. The molecule has 0 aromatic carbocycles. The van der Waals surface area contributed by atoms with Crippen molar-refractivity contribution in [3.63, 3.8) is 0 Å². The molecule has 0 aliphatic heterocycles. The number of aryl methyl sites for hydroxylation is 1. The fourth-order valence-electron chi connectivity index (χ4n) is 3.63. The number of hydrogen-bond donors (Lipinski definition) is 1. The number of hydrogen-bond acceptors (Lipinski definition) is 2. The standard InChI is InChI=1S/C15H21NOS/c17-14-7-6-12-4-3-5-13(12)16(14)10-15(11-18)8-1-2-9-15/h6-7,18H,1-5,8-11H2. The molecule has 1 heterocycles. The van der Waals surface area contributed by atoms with Crippen LogP contribution in [0.1, 0.15) is 43.4 Å². The van der Waals surface area contributed by atoms with E-state index in [-0.39, 0.29) is 11.0 Å². The predicted molar refractivity (Wildman–Crippen MR) is 77.5 cm³/mol. The van der Waals surface area contributed by atoms with Crippen LogP contribution in [-0.2, 0) is 19.4 Å². The highest BCUT2D eigenvalue weighted by atomic mass is 32.1. The van der Waals surface area contributed by atoms with Crippen LogP contribution in [0.15, 0.2) is 16.9 Å². The lowest BCUT2D eigenvalue weighted by molar-refractivity contribution is 0.283. The lowest BCUT2D eigenvalue weighted by Crippen LogP contribution is -2.33. The van der Waals surface area contributed by atoms with Crippen LogP contribution < -0.4 is 5.56 Å². The van der Waals surface area contributed by atoms with E-state index in [9.17, 15) is 4.79 Å². The highest BCUT2D eigenvalue weighted by molar-refractivity contribution is 7.80. The first-order valence-electron chi connectivity index (χ1n) is 7.07. The van der Waals surface area contributed by atoms with E-state index in [0.717, 1.165) is 25.1 Å². The van der Waals surface area contributed by atoms with Crippen LogP contribution in [0.25, 0.3) is 0 Å². The summed E-state index contributed by atoms with van der Waals surface area (Å²) in [7, 11) is 0. The van der Waals surface area contributed by atoms with Crippen LogP contribution in [-0.4, -0.2) is 10.3 Å². The van der Waals surface area contributed by atoms with Gasteiger partial charge in [0, 0.05) is 18.3 Å². The van der Waals surface area contributed by atoms with Gasteiger partial charge in [0.25, 0.3) is 5.56 Å². The van der Waals surface area contributed by atoms with E-state index < -0.39 is 0 Å². The summed E-state index contributed by atoms with van der Waals surface area (Å²) in [5.41, 5.74) is 3.14. The highest BCUT2D eigenvalue weighted by Crippen LogP contribution is 2.40. The molecule has 1 fully saturated rings. The van der Waals surface area contributed by atoms with Gasteiger partial charge in [0.05, 0.1) is 0 Å². The van der Waals surface area contributed by atoms with E-state index in [1.54, 1.807) is 6.07 Å². The number of thiol groups is 1. The Morgan fingerprint density at radius 1 is 1.17 bits per heavy atom. The second-order valence-electron chi connectivity index (χ2n) is 5.95. The van der Waals surface area contributed by atoms with Gasteiger partial charge in [-0.05, 0) is 48.8 Å². The van der Waals surface area contributed by atoms with Gasteiger partial charge >= 0.3 is 0 Å². The van der Waals surface area contributed by atoms with Gasteiger partial charge in [-0.25, -0.2) is 0 Å². The van der Waals surface area contributed by atoms with Gasteiger partial charge in [0.15, 0.2) is 0 Å². The Morgan fingerprint density at radius 3 is 2.67 bits per heavy atom. The van der Waals surface area contributed by atoms with Gasteiger partial charge in [-0.15, -0.1) is 0 Å². The van der Waals surface area contributed by atoms with Crippen LogP contribution in [0.5, 0.6) is 0 Å². The van der Waals surface area contributed by atoms with E-state index in [0.29, 0.717) is 0 Å². The van der Waals surface area contributed by atoms with E-state index in [1.807, 2.05) is 6.07 Å². The maximum Gasteiger partial charge on any atom is 0.250 e. The molecule has 2 aliphatic rings. The molecule has 0 N–H and O–H groups in total. The Bertz CT molecular complexity index is 500. The van der Waals surface area contributed by atoms with E-state index in [1.165, 1.54) is 43.4 Å². The molecule has 1 aromatic heterocycles. The molecule has 0 bridgehead atoms. The summed E-state index contributed by atoms with van der Waals surface area (Å²) in [6.45, 7) is 0.887. The molecule has 0 unspecified atom stereocenters. The normalized spacial score (nSPS) is 21.2. The molecule has 98 valence electrons. The quantitative estimate of drug-likeness (QED) is 0.832. The maximum atomic E-state index is 12.2. The topological polar surface area (TPSA) is 22.0 Å². The summed E-state index contributed by atoms with van der Waals surface area (Å²) in [6.07, 6.45) is 8.47. The number of rotatable bonds is 3. The number of pyridine rings is 1. The van der Waals surface area contributed by atoms with Crippen molar-refractivity contribution in [3.8, 4) is 0 Å². The summed E-state index contributed by atoms with van der Waals surface area (Å²) in [6, 6.07) is 3.79. The fraction of sp³-hybridized carbons (Fsp3) is 0.667. The Kier molecular flexibility index (Phi) is 3.27. The van der Waals surface area contributed by atoms with E-state index in [2.05, 4.69) is 17.2 Å². The molecule has 0 radical (unpaired) electrons. The maximum absolute atomic E-state index is 12.2. The minimum Gasteiger partial charge on any atom is -0.312 e. The molecular formula is C15H21NOS. The lowest BCUT2D eigenvalue weighted by atomic mass is 9.88. The average molecular weight is 263 g/mol. The Hall–Kier alpha value is -0.700. The number of aromatic nitrogens is 1. The first kappa shape index (κ1) is 12.3. The molecule has 1 aromatic rings. The van der Waals surface area contributed by atoms with Crippen LogP contribution >= 0.6 is 12.6 Å². The summed E-state index contributed by atoms with van der Waals surface area (Å²) in [4.78, 5) is 12.2. The van der Waals surface area contributed by atoms with Crippen LogP contribution in [0.4, 0.5) is 0 Å². The fourth-order valence-corrected chi connectivity index (χ4v) is 4.05. The van der Waals surface area contributed by atoms with E-state index >= 15 is 0 Å². The summed E-state index contributed by atoms with van der Waals surface area (Å²) in [5.74, 6) is 0.906. The Labute approximate surface area is 114 Å². The molecule has 0 spiro atoms. The molecule has 18 heavy (non-hydrogen) atoms. The Balaban J connectivity index is 1.97. The molecule has 3 rings (SSSR count). The lowest BCUT2D eigenvalue weighted by Gasteiger charge is -2.29. The largest absolute Gasteiger partial charge is 0.312 e. The van der Waals surface area contributed by atoms with Crippen LogP contribution in [0, 0.1) is 5.41 Å². The molecular weight excluding hydrogens is 242 g/mol. The highest BCUT2D eigenvalue weighted by Gasteiger charge is 2.34. The molecule has 2 nitrogen and oxygen atoms in total. The van der Waals surface area contributed by atoms with Crippen molar-refractivity contribution >= 4 is 12.6 Å². The predicted octanol–water partition coefficient (Wildman–Crippen LogP) is 2.83. The SMILES string of the molecule is O=c1ccc2c(n1CC1(CS)CCCC1)CCC2. The number of fused-ring (bicyclic) bond motifs is 1. The summed E-state index contributed by atoms with van der Waals surface area (Å²) < 4.78 is 2.06. The van der Waals surface area contributed by atoms with Crippen molar-refractivity contribution in [1.29, 1.82) is 0 Å². The summed E-state index contributed by atoms with van der Waals surface area (Å²) in [5, 5.41) is 0. The molecule has 0 atom stereocenters. The van der Waals surface area contributed by atoms with Crippen molar-refractivity contribution in [3.05, 3.63) is 33.7 Å².